The Morgan fingerprint density at radius 1 is 1.29 bits per heavy atom. The molecule has 0 saturated carbocycles. The number of anilines is 1. The summed E-state index contributed by atoms with van der Waals surface area (Å²) in [6.45, 7) is 4.87. The van der Waals surface area contributed by atoms with Gasteiger partial charge in [-0.1, -0.05) is 24.3 Å². The second kappa shape index (κ2) is 7.69. The Morgan fingerprint density at radius 3 is 2.57 bits per heavy atom. The minimum Gasteiger partial charge on any atom is -0.383 e. The molecule has 2 N–H and O–H groups in total. The number of methoxy groups -OCH3 is 1. The SMILES string of the molecule is COCC(C)NC(=O)NCc1ccc(N2CC=CC2)cc1. The van der Waals surface area contributed by atoms with E-state index in [-0.39, 0.29) is 12.1 Å². The monoisotopic (exact) mass is 289 g/mol. The molecule has 1 aliphatic rings. The van der Waals surface area contributed by atoms with Crippen LogP contribution in [0, 0.1) is 0 Å². The van der Waals surface area contributed by atoms with E-state index in [0.717, 1.165) is 18.7 Å². The molecule has 0 saturated heterocycles. The molecule has 0 radical (unpaired) electrons. The Bertz CT molecular complexity index is 477. The van der Waals surface area contributed by atoms with Crippen molar-refractivity contribution in [1.82, 2.24) is 10.6 Å². The lowest BCUT2D eigenvalue weighted by Crippen LogP contribution is -2.42. The third kappa shape index (κ3) is 4.79. The summed E-state index contributed by atoms with van der Waals surface area (Å²) in [5, 5.41) is 5.66. The lowest BCUT2D eigenvalue weighted by Gasteiger charge is -2.18. The van der Waals surface area contributed by atoms with Crippen LogP contribution >= 0.6 is 0 Å². The van der Waals surface area contributed by atoms with Crippen molar-refractivity contribution in [2.24, 2.45) is 0 Å². The first-order chi connectivity index (χ1) is 10.2. The predicted molar refractivity (Wildman–Crippen MR) is 84.5 cm³/mol. The van der Waals surface area contributed by atoms with E-state index < -0.39 is 0 Å². The van der Waals surface area contributed by atoms with Crippen LogP contribution in [0.2, 0.25) is 0 Å². The molecule has 2 amide bonds. The van der Waals surface area contributed by atoms with Crippen LogP contribution in [0.25, 0.3) is 0 Å². The highest BCUT2D eigenvalue weighted by molar-refractivity contribution is 5.74. The van der Waals surface area contributed by atoms with Crippen molar-refractivity contribution in [2.75, 3.05) is 31.7 Å². The molecule has 0 aromatic heterocycles. The van der Waals surface area contributed by atoms with Gasteiger partial charge in [0.25, 0.3) is 0 Å². The molecule has 5 heteroatoms. The highest BCUT2D eigenvalue weighted by atomic mass is 16.5. The largest absolute Gasteiger partial charge is 0.383 e. The minimum absolute atomic E-state index is 0.0000394. The van der Waals surface area contributed by atoms with Gasteiger partial charge in [-0.25, -0.2) is 4.79 Å². The summed E-state index contributed by atoms with van der Waals surface area (Å²) in [7, 11) is 1.62. The van der Waals surface area contributed by atoms with Crippen molar-refractivity contribution < 1.29 is 9.53 Å². The maximum atomic E-state index is 11.7. The Kier molecular flexibility index (Phi) is 5.63. The fraction of sp³-hybridized carbons (Fsp3) is 0.438. The van der Waals surface area contributed by atoms with Crippen molar-refractivity contribution in [3.05, 3.63) is 42.0 Å². The average molecular weight is 289 g/mol. The molecule has 1 atom stereocenters. The molecule has 21 heavy (non-hydrogen) atoms. The molecule has 0 fully saturated rings. The molecule has 1 unspecified atom stereocenters. The fourth-order valence-electron chi connectivity index (χ4n) is 2.26. The number of hydrogen-bond acceptors (Lipinski definition) is 3. The van der Waals surface area contributed by atoms with E-state index in [2.05, 4.69) is 39.8 Å². The van der Waals surface area contributed by atoms with Crippen LogP contribution in [-0.2, 0) is 11.3 Å². The van der Waals surface area contributed by atoms with E-state index in [1.54, 1.807) is 7.11 Å². The molecule has 5 nitrogen and oxygen atoms in total. The summed E-state index contributed by atoms with van der Waals surface area (Å²) in [4.78, 5) is 14.0. The lowest BCUT2D eigenvalue weighted by atomic mass is 10.2. The topological polar surface area (TPSA) is 53.6 Å². The van der Waals surface area contributed by atoms with Crippen LogP contribution in [0.4, 0.5) is 10.5 Å². The van der Waals surface area contributed by atoms with Crippen molar-refractivity contribution in [3.63, 3.8) is 0 Å². The number of hydrogen-bond donors (Lipinski definition) is 2. The third-order valence-corrected chi connectivity index (χ3v) is 3.37. The number of ether oxygens (including phenoxy) is 1. The average Bonchev–Trinajstić information content (AvgIpc) is 3.00. The van der Waals surface area contributed by atoms with Crippen molar-refractivity contribution in [1.29, 1.82) is 0 Å². The summed E-state index contributed by atoms with van der Waals surface area (Å²) in [6.07, 6.45) is 4.34. The second-order valence-corrected chi connectivity index (χ2v) is 5.23. The third-order valence-electron chi connectivity index (χ3n) is 3.37. The number of nitrogens with one attached hydrogen (secondary N) is 2. The zero-order chi connectivity index (χ0) is 15.1. The smallest absolute Gasteiger partial charge is 0.315 e. The summed E-state index contributed by atoms with van der Waals surface area (Å²) in [6, 6.07) is 8.11. The van der Waals surface area contributed by atoms with Gasteiger partial charge in [-0.15, -0.1) is 0 Å². The zero-order valence-corrected chi connectivity index (χ0v) is 12.6. The first-order valence-electron chi connectivity index (χ1n) is 7.21. The highest BCUT2D eigenvalue weighted by Crippen LogP contribution is 2.17. The number of amides is 2. The number of carbonyl (C=O) groups excluding carboxylic acids is 1. The number of urea groups is 1. The van der Waals surface area contributed by atoms with Crippen LogP contribution in [-0.4, -0.2) is 38.9 Å². The Morgan fingerprint density at radius 2 is 1.95 bits per heavy atom. The standard InChI is InChI=1S/C16H23N3O2/c1-13(12-21-2)18-16(20)17-11-14-5-7-15(8-6-14)19-9-3-4-10-19/h3-8,13H,9-12H2,1-2H3,(H2,17,18,20). The molecule has 0 bridgehead atoms. The van der Waals surface area contributed by atoms with Crippen LogP contribution in [0.1, 0.15) is 12.5 Å². The van der Waals surface area contributed by atoms with Gasteiger partial charge in [0.15, 0.2) is 0 Å². The van der Waals surface area contributed by atoms with E-state index in [1.807, 2.05) is 19.1 Å². The number of carbonyl (C=O) groups is 1. The van der Waals surface area contributed by atoms with Gasteiger partial charge in [0, 0.05) is 32.4 Å². The molecule has 114 valence electrons. The fourth-order valence-corrected chi connectivity index (χ4v) is 2.26. The van der Waals surface area contributed by atoms with Gasteiger partial charge < -0.3 is 20.3 Å². The highest BCUT2D eigenvalue weighted by Gasteiger charge is 2.08. The maximum absolute atomic E-state index is 11.7. The molecule has 1 aromatic rings. The summed E-state index contributed by atoms with van der Waals surface area (Å²) < 4.78 is 4.98. The first-order valence-corrected chi connectivity index (χ1v) is 7.21. The Hall–Kier alpha value is -2.01. The van der Waals surface area contributed by atoms with Gasteiger partial charge in [-0.05, 0) is 24.6 Å². The first kappa shape index (κ1) is 15.4. The van der Waals surface area contributed by atoms with Gasteiger partial charge in [-0.3, -0.25) is 0 Å². The van der Waals surface area contributed by atoms with Crippen molar-refractivity contribution in [2.45, 2.75) is 19.5 Å². The van der Waals surface area contributed by atoms with Crippen molar-refractivity contribution >= 4 is 11.7 Å². The molecule has 1 aromatic carbocycles. The van der Waals surface area contributed by atoms with E-state index in [0.29, 0.717) is 13.2 Å². The van der Waals surface area contributed by atoms with Gasteiger partial charge in [0.2, 0.25) is 0 Å². The maximum Gasteiger partial charge on any atom is 0.315 e. The number of nitrogens with zero attached hydrogens (tertiary/aromatic N) is 1. The molecular weight excluding hydrogens is 266 g/mol. The zero-order valence-electron chi connectivity index (χ0n) is 12.6. The van der Waals surface area contributed by atoms with Crippen LogP contribution in [0.15, 0.2) is 36.4 Å². The van der Waals surface area contributed by atoms with E-state index in [9.17, 15) is 4.79 Å². The quantitative estimate of drug-likeness (QED) is 0.786. The number of benzene rings is 1. The molecule has 0 aliphatic carbocycles. The van der Waals surface area contributed by atoms with Gasteiger partial charge in [0.1, 0.15) is 0 Å². The van der Waals surface area contributed by atoms with Gasteiger partial charge in [0.05, 0.1) is 12.6 Å². The molecule has 2 rings (SSSR count). The van der Waals surface area contributed by atoms with Gasteiger partial charge >= 0.3 is 6.03 Å². The van der Waals surface area contributed by atoms with Crippen LogP contribution in [0.5, 0.6) is 0 Å². The number of rotatable bonds is 6. The van der Waals surface area contributed by atoms with E-state index in [4.69, 9.17) is 4.74 Å². The summed E-state index contributed by atoms with van der Waals surface area (Å²) in [5.41, 5.74) is 2.29. The van der Waals surface area contributed by atoms with Crippen LogP contribution < -0.4 is 15.5 Å². The molecule has 1 heterocycles. The predicted octanol–water partition coefficient (Wildman–Crippen LogP) is 1.90. The lowest BCUT2D eigenvalue weighted by molar-refractivity contribution is 0.171. The van der Waals surface area contributed by atoms with Crippen molar-refractivity contribution in [3.8, 4) is 0 Å². The molecular formula is C16H23N3O2. The molecule has 0 spiro atoms. The Balaban J connectivity index is 1.76. The second-order valence-electron chi connectivity index (χ2n) is 5.23. The molecule has 1 aliphatic heterocycles. The normalized spacial score (nSPS) is 15.0. The minimum atomic E-state index is -0.174. The van der Waals surface area contributed by atoms with Crippen LogP contribution in [0.3, 0.4) is 0 Å². The Labute approximate surface area is 126 Å². The summed E-state index contributed by atoms with van der Waals surface area (Å²) >= 11 is 0. The van der Waals surface area contributed by atoms with E-state index in [1.165, 1.54) is 5.69 Å². The van der Waals surface area contributed by atoms with Gasteiger partial charge in [-0.2, -0.15) is 0 Å². The summed E-state index contributed by atoms with van der Waals surface area (Å²) in [5.74, 6) is 0. The van der Waals surface area contributed by atoms with E-state index >= 15 is 0 Å².